The van der Waals surface area contributed by atoms with Crippen LogP contribution in [0.25, 0.3) is 0 Å². The molecule has 0 radical (unpaired) electrons. The Hall–Kier alpha value is -2.96. The Morgan fingerprint density at radius 1 is 1.16 bits per heavy atom. The minimum absolute atomic E-state index is 0.133. The van der Waals surface area contributed by atoms with Gasteiger partial charge in [0, 0.05) is 11.6 Å². The number of hydrogen-bond donors (Lipinski definition) is 1. The topological polar surface area (TPSA) is 64.6 Å². The maximum atomic E-state index is 13.7. The molecule has 0 spiro atoms. The number of benzene rings is 2. The SMILES string of the molecule is COc1cccc(C(=O)OCC(=O)N[C@H](C)c2ccc(F)cc2F)c1. The number of hydrogen-bond acceptors (Lipinski definition) is 4. The van der Waals surface area contributed by atoms with Gasteiger partial charge in [-0.05, 0) is 31.2 Å². The highest BCUT2D eigenvalue weighted by Gasteiger charge is 2.16. The van der Waals surface area contributed by atoms with Gasteiger partial charge in [-0.15, -0.1) is 0 Å². The molecule has 2 aromatic carbocycles. The fraction of sp³-hybridized carbons (Fsp3) is 0.222. The largest absolute Gasteiger partial charge is 0.497 e. The van der Waals surface area contributed by atoms with Crippen molar-refractivity contribution in [3.05, 3.63) is 65.2 Å². The minimum atomic E-state index is -0.763. The quantitative estimate of drug-likeness (QED) is 0.815. The molecule has 0 saturated heterocycles. The summed E-state index contributed by atoms with van der Waals surface area (Å²) in [5.74, 6) is -2.27. The molecule has 0 heterocycles. The average molecular weight is 349 g/mol. The highest BCUT2D eigenvalue weighted by atomic mass is 19.1. The maximum absolute atomic E-state index is 13.7. The van der Waals surface area contributed by atoms with Crippen molar-refractivity contribution in [3.8, 4) is 5.75 Å². The molecule has 0 fully saturated rings. The van der Waals surface area contributed by atoms with Gasteiger partial charge in [0.2, 0.25) is 0 Å². The molecule has 0 saturated carbocycles. The third-order valence-corrected chi connectivity index (χ3v) is 3.45. The van der Waals surface area contributed by atoms with Crippen LogP contribution in [0.3, 0.4) is 0 Å². The standard InChI is InChI=1S/C18H17F2NO4/c1-11(15-7-6-13(19)9-16(15)20)21-17(22)10-25-18(23)12-4-3-5-14(8-12)24-2/h3-9,11H,10H2,1-2H3,(H,21,22)/t11-/m1/s1. The second-order valence-corrected chi connectivity index (χ2v) is 5.26. The Labute approximate surface area is 143 Å². The molecule has 0 aromatic heterocycles. The van der Waals surface area contributed by atoms with E-state index in [0.717, 1.165) is 12.1 Å². The zero-order valence-corrected chi connectivity index (χ0v) is 13.7. The molecule has 132 valence electrons. The Balaban J connectivity index is 1.90. The van der Waals surface area contributed by atoms with Gasteiger partial charge in [0.25, 0.3) is 5.91 Å². The van der Waals surface area contributed by atoms with Gasteiger partial charge in [-0.3, -0.25) is 4.79 Å². The molecule has 5 nitrogen and oxygen atoms in total. The summed E-state index contributed by atoms with van der Waals surface area (Å²) in [6, 6.07) is 8.68. The summed E-state index contributed by atoms with van der Waals surface area (Å²) in [5.41, 5.74) is 0.374. The van der Waals surface area contributed by atoms with Gasteiger partial charge in [-0.2, -0.15) is 0 Å². The summed E-state index contributed by atoms with van der Waals surface area (Å²) in [6.07, 6.45) is 0. The zero-order chi connectivity index (χ0) is 18.4. The Bertz CT molecular complexity index is 779. The normalized spacial score (nSPS) is 11.5. The van der Waals surface area contributed by atoms with Crippen molar-refractivity contribution in [2.75, 3.05) is 13.7 Å². The van der Waals surface area contributed by atoms with Gasteiger partial charge in [-0.25, -0.2) is 13.6 Å². The molecular formula is C18H17F2NO4. The summed E-state index contributed by atoms with van der Waals surface area (Å²) in [4.78, 5) is 23.8. The first-order valence-electron chi connectivity index (χ1n) is 7.46. The average Bonchev–Trinajstić information content (AvgIpc) is 2.59. The van der Waals surface area contributed by atoms with E-state index in [-0.39, 0.29) is 11.1 Å². The van der Waals surface area contributed by atoms with Gasteiger partial charge in [0.15, 0.2) is 6.61 Å². The van der Waals surface area contributed by atoms with Gasteiger partial charge < -0.3 is 14.8 Å². The predicted molar refractivity (Wildman–Crippen MR) is 86.2 cm³/mol. The molecule has 0 aliphatic heterocycles. The number of methoxy groups -OCH3 is 1. The first kappa shape index (κ1) is 18.4. The van der Waals surface area contributed by atoms with E-state index in [1.54, 1.807) is 12.1 Å². The first-order valence-corrected chi connectivity index (χ1v) is 7.46. The van der Waals surface area contributed by atoms with Crippen LogP contribution in [0, 0.1) is 11.6 Å². The molecule has 0 bridgehead atoms. The van der Waals surface area contributed by atoms with E-state index < -0.39 is 36.2 Å². The Kier molecular flexibility index (Phi) is 6.05. The molecular weight excluding hydrogens is 332 g/mol. The van der Waals surface area contributed by atoms with Crippen molar-refractivity contribution >= 4 is 11.9 Å². The van der Waals surface area contributed by atoms with E-state index in [4.69, 9.17) is 9.47 Å². The van der Waals surface area contributed by atoms with Crippen molar-refractivity contribution in [3.63, 3.8) is 0 Å². The van der Waals surface area contributed by atoms with Crippen LogP contribution in [-0.2, 0) is 9.53 Å². The number of ether oxygens (including phenoxy) is 2. The van der Waals surface area contributed by atoms with E-state index in [0.29, 0.717) is 5.75 Å². The molecule has 1 atom stereocenters. The molecule has 0 aliphatic carbocycles. The fourth-order valence-electron chi connectivity index (χ4n) is 2.18. The summed E-state index contributed by atoms with van der Waals surface area (Å²) in [7, 11) is 1.47. The predicted octanol–water partition coefficient (Wildman–Crippen LogP) is 3.01. The van der Waals surface area contributed by atoms with Crippen molar-refractivity contribution in [2.45, 2.75) is 13.0 Å². The summed E-state index contributed by atoms with van der Waals surface area (Å²) in [5, 5.41) is 2.48. The van der Waals surface area contributed by atoms with Crippen LogP contribution < -0.4 is 10.1 Å². The lowest BCUT2D eigenvalue weighted by atomic mass is 10.1. The summed E-state index contributed by atoms with van der Waals surface area (Å²) < 4.78 is 36.5. The number of esters is 1. The van der Waals surface area contributed by atoms with E-state index in [9.17, 15) is 18.4 Å². The van der Waals surface area contributed by atoms with Crippen LogP contribution in [0.1, 0.15) is 28.9 Å². The number of carbonyl (C=O) groups is 2. The van der Waals surface area contributed by atoms with E-state index in [2.05, 4.69) is 5.32 Å². The number of amides is 1. The van der Waals surface area contributed by atoms with Gasteiger partial charge >= 0.3 is 5.97 Å². The van der Waals surface area contributed by atoms with Gasteiger partial charge in [0.1, 0.15) is 17.4 Å². The number of rotatable bonds is 6. The van der Waals surface area contributed by atoms with Crippen LogP contribution in [-0.4, -0.2) is 25.6 Å². The van der Waals surface area contributed by atoms with Crippen LogP contribution in [0.5, 0.6) is 5.75 Å². The molecule has 0 aliphatic rings. The maximum Gasteiger partial charge on any atom is 0.338 e. The van der Waals surface area contributed by atoms with Crippen molar-refractivity contribution < 1.29 is 27.8 Å². The van der Waals surface area contributed by atoms with Crippen molar-refractivity contribution in [1.29, 1.82) is 0 Å². The van der Waals surface area contributed by atoms with E-state index in [1.165, 1.54) is 32.2 Å². The van der Waals surface area contributed by atoms with Gasteiger partial charge in [0.05, 0.1) is 18.7 Å². The smallest absolute Gasteiger partial charge is 0.338 e. The molecule has 7 heteroatoms. The van der Waals surface area contributed by atoms with Crippen LogP contribution >= 0.6 is 0 Å². The van der Waals surface area contributed by atoms with Crippen LogP contribution in [0.4, 0.5) is 8.78 Å². The van der Waals surface area contributed by atoms with E-state index >= 15 is 0 Å². The molecule has 1 N–H and O–H groups in total. The Morgan fingerprint density at radius 2 is 1.92 bits per heavy atom. The van der Waals surface area contributed by atoms with Crippen molar-refractivity contribution in [2.24, 2.45) is 0 Å². The first-order chi connectivity index (χ1) is 11.9. The fourth-order valence-corrected chi connectivity index (χ4v) is 2.18. The molecule has 1 amide bonds. The molecule has 25 heavy (non-hydrogen) atoms. The van der Waals surface area contributed by atoms with Crippen LogP contribution in [0.15, 0.2) is 42.5 Å². The third-order valence-electron chi connectivity index (χ3n) is 3.45. The monoisotopic (exact) mass is 349 g/mol. The second-order valence-electron chi connectivity index (χ2n) is 5.26. The highest BCUT2D eigenvalue weighted by molar-refractivity contribution is 5.91. The minimum Gasteiger partial charge on any atom is -0.497 e. The molecule has 0 unspecified atom stereocenters. The lowest BCUT2D eigenvalue weighted by molar-refractivity contribution is -0.124. The number of carbonyl (C=O) groups excluding carboxylic acids is 2. The van der Waals surface area contributed by atoms with Crippen LogP contribution in [0.2, 0.25) is 0 Å². The highest BCUT2D eigenvalue weighted by Crippen LogP contribution is 2.17. The molecule has 2 rings (SSSR count). The summed E-state index contributed by atoms with van der Waals surface area (Å²) in [6.45, 7) is 1.02. The molecule has 2 aromatic rings. The summed E-state index contributed by atoms with van der Waals surface area (Å²) >= 11 is 0. The number of nitrogens with one attached hydrogen (secondary N) is 1. The third kappa shape index (κ3) is 5.00. The van der Waals surface area contributed by atoms with Crippen molar-refractivity contribution in [1.82, 2.24) is 5.32 Å². The lowest BCUT2D eigenvalue weighted by Gasteiger charge is -2.15. The lowest BCUT2D eigenvalue weighted by Crippen LogP contribution is -2.31. The van der Waals surface area contributed by atoms with E-state index in [1.807, 2.05) is 0 Å². The number of halogens is 2. The Morgan fingerprint density at radius 3 is 2.60 bits per heavy atom. The zero-order valence-electron chi connectivity index (χ0n) is 13.7. The van der Waals surface area contributed by atoms with Gasteiger partial charge in [-0.1, -0.05) is 12.1 Å². The second kappa shape index (κ2) is 8.23.